The maximum atomic E-state index is 14.2. The van der Waals surface area contributed by atoms with Crippen LogP contribution < -0.4 is 0 Å². The number of halogens is 2. The Kier molecular flexibility index (Phi) is 4.55. The van der Waals surface area contributed by atoms with Crippen LogP contribution in [0.3, 0.4) is 0 Å². The summed E-state index contributed by atoms with van der Waals surface area (Å²) in [7, 11) is 0. The second-order valence-corrected chi connectivity index (χ2v) is 8.00. The quantitative estimate of drug-likeness (QED) is 0.628. The van der Waals surface area contributed by atoms with Crippen LogP contribution in [0.2, 0.25) is 5.02 Å². The molecule has 2 bridgehead atoms. The molecule has 29 heavy (non-hydrogen) atoms. The van der Waals surface area contributed by atoms with Crippen molar-refractivity contribution in [2.24, 2.45) is 0 Å². The minimum absolute atomic E-state index is 0.0310. The lowest BCUT2D eigenvalue weighted by Crippen LogP contribution is -2.43. The number of fused-ring (bicyclic) bond motifs is 4. The van der Waals surface area contributed by atoms with E-state index in [0.717, 1.165) is 29.7 Å². The van der Waals surface area contributed by atoms with E-state index in [4.69, 9.17) is 16.6 Å². The third-order valence-corrected chi connectivity index (χ3v) is 6.25. The fourth-order valence-corrected chi connectivity index (χ4v) is 4.76. The van der Waals surface area contributed by atoms with Crippen molar-refractivity contribution >= 4 is 17.5 Å². The molecule has 5 rings (SSSR count). The van der Waals surface area contributed by atoms with Crippen molar-refractivity contribution in [2.75, 3.05) is 0 Å². The number of nitrogens with zero attached hydrogens (tertiary/aromatic N) is 3. The molecule has 2 aromatic carbocycles. The maximum Gasteiger partial charge on any atom is 0.227 e. The zero-order valence-electron chi connectivity index (χ0n) is 15.7. The van der Waals surface area contributed by atoms with Gasteiger partial charge in [0.2, 0.25) is 5.91 Å². The summed E-state index contributed by atoms with van der Waals surface area (Å²) < 4.78 is 14.2. The molecule has 0 saturated carbocycles. The molecule has 1 amide bonds. The van der Waals surface area contributed by atoms with Crippen LogP contribution in [0.25, 0.3) is 11.4 Å². The highest BCUT2D eigenvalue weighted by Gasteiger charge is 2.43. The summed E-state index contributed by atoms with van der Waals surface area (Å²) in [6, 6.07) is 14.4. The minimum atomic E-state index is -0.438. The predicted molar refractivity (Wildman–Crippen MR) is 109 cm³/mol. The summed E-state index contributed by atoms with van der Waals surface area (Å²) in [4.78, 5) is 24.3. The number of carbonyl (C=O) groups is 1. The Bertz CT molecular complexity index is 1070. The fraction of sp³-hybridized carbons (Fsp3) is 0.261. The topological polar surface area (TPSA) is 46.1 Å². The third-order valence-electron chi connectivity index (χ3n) is 5.90. The Morgan fingerprint density at radius 3 is 2.76 bits per heavy atom. The zero-order valence-corrected chi connectivity index (χ0v) is 16.4. The van der Waals surface area contributed by atoms with Gasteiger partial charge in [0.25, 0.3) is 0 Å². The molecule has 1 aromatic heterocycles. The highest BCUT2D eigenvalue weighted by molar-refractivity contribution is 6.31. The largest absolute Gasteiger partial charge is 0.332 e. The standard InChI is InChI=1S/C23H19ClFN3O/c24-18-7-4-8-19(25)16(18)12-22(29)28-15-9-10-21(28)17-13-26-23(27-20(17)11-15)14-5-2-1-3-6-14/h1-8,13,15,21H,9-12H2. The lowest BCUT2D eigenvalue weighted by molar-refractivity contribution is -0.134. The summed E-state index contributed by atoms with van der Waals surface area (Å²) in [5.41, 5.74) is 3.26. The van der Waals surface area contributed by atoms with Crippen LogP contribution in [0, 0.1) is 5.82 Å². The molecule has 3 aromatic rings. The van der Waals surface area contributed by atoms with Crippen LogP contribution in [0.1, 0.15) is 35.7 Å². The van der Waals surface area contributed by atoms with E-state index in [-0.39, 0.29) is 30.0 Å². The minimum Gasteiger partial charge on any atom is -0.332 e. The first-order chi connectivity index (χ1) is 14.1. The smallest absolute Gasteiger partial charge is 0.227 e. The van der Waals surface area contributed by atoms with Crippen molar-refractivity contribution in [3.05, 3.63) is 82.4 Å². The maximum absolute atomic E-state index is 14.2. The summed E-state index contributed by atoms with van der Waals surface area (Å²) >= 11 is 6.13. The molecule has 6 heteroatoms. The molecule has 2 aliphatic heterocycles. The average molecular weight is 408 g/mol. The van der Waals surface area contributed by atoms with E-state index in [1.165, 1.54) is 6.07 Å². The van der Waals surface area contributed by atoms with E-state index in [1.807, 2.05) is 41.4 Å². The van der Waals surface area contributed by atoms with Crippen LogP contribution in [0.4, 0.5) is 4.39 Å². The predicted octanol–water partition coefficient (Wildman–Crippen LogP) is 4.77. The van der Waals surface area contributed by atoms with Gasteiger partial charge in [-0.05, 0) is 25.0 Å². The summed E-state index contributed by atoms with van der Waals surface area (Å²) in [6.07, 6.45) is 4.32. The van der Waals surface area contributed by atoms with Crippen molar-refractivity contribution in [1.82, 2.24) is 14.9 Å². The Morgan fingerprint density at radius 1 is 1.14 bits per heavy atom. The molecule has 0 spiro atoms. The molecule has 1 fully saturated rings. The second-order valence-electron chi connectivity index (χ2n) is 7.59. The van der Waals surface area contributed by atoms with Gasteiger partial charge in [-0.2, -0.15) is 0 Å². The van der Waals surface area contributed by atoms with Crippen molar-refractivity contribution in [3.63, 3.8) is 0 Å². The highest BCUT2D eigenvalue weighted by atomic mass is 35.5. The Balaban J connectivity index is 1.44. The van der Waals surface area contributed by atoms with E-state index in [1.54, 1.807) is 12.1 Å². The SMILES string of the molecule is O=C(Cc1c(F)cccc1Cl)N1C2CCC1c1cnc(-c3ccccc3)nc1C2. The molecule has 1 saturated heterocycles. The lowest BCUT2D eigenvalue weighted by atomic mass is 9.97. The Labute approximate surface area is 173 Å². The van der Waals surface area contributed by atoms with Crippen molar-refractivity contribution in [3.8, 4) is 11.4 Å². The number of aromatic nitrogens is 2. The van der Waals surface area contributed by atoms with E-state index in [9.17, 15) is 9.18 Å². The lowest BCUT2D eigenvalue weighted by Gasteiger charge is -2.36. The number of hydrogen-bond acceptors (Lipinski definition) is 3. The molecule has 146 valence electrons. The molecule has 0 aliphatic carbocycles. The van der Waals surface area contributed by atoms with E-state index in [2.05, 4.69) is 4.98 Å². The van der Waals surface area contributed by atoms with Crippen LogP contribution in [-0.2, 0) is 17.6 Å². The van der Waals surface area contributed by atoms with Gasteiger partial charge >= 0.3 is 0 Å². The Morgan fingerprint density at radius 2 is 1.97 bits per heavy atom. The first-order valence-corrected chi connectivity index (χ1v) is 10.1. The normalized spacial score (nSPS) is 19.9. The van der Waals surface area contributed by atoms with Gasteiger partial charge in [-0.3, -0.25) is 4.79 Å². The number of hydrogen-bond donors (Lipinski definition) is 0. The van der Waals surface area contributed by atoms with E-state index in [0.29, 0.717) is 17.3 Å². The van der Waals surface area contributed by atoms with Crippen molar-refractivity contribution in [1.29, 1.82) is 0 Å². The molecule has 2 atom stereocenters. The monoisotopic (exact) mass is 407 g/mol. The number of carbonyl (C=O) groups excluding carboxylic acids is 1. The van der Waals surface area contributed by atoms with Crippen molar-refractivity contribution in [2.45, 2.75) is 37.8 Å². The number of rotatable bonds is 3. The van der Waals surface area contributed by atoms with Gasteiger partial charge in [0, 0.05) is 40.4 Å². The van der Waals surface area contributed by atoms with Crippen molar-refractivity contribution < 1.29 is 9.18 Å². The van der Waals surface area contributed by atoms with E-state index >= 15 is 0 Å². The molecule has 3 heterocycles. The van der Waals surface area contributed by atoms with Gasteiger partial charge in [0.1, 0.15) is 5.82 Å². The summed E-state index contributed by atoms with van der Waals surface area (Å²) in [5.74, 6) is 0.176. The van der Waals surface area contributed by atoms with Crippen LogP contribution in [-0.4, -0.2) is 26.8 Å². The summed E-state index contributed by atoms with van der Waals surface area (Å²) in [5, 5.41) is 0.291. The molecule has 0 N–H and O–H groups in total. The van der Waals surface area contributed by atoms with Crippen LogP contribution in [0.5, 0.6) is 0 Å². The summed E-state index contributed by atoms with van der Waals surface area (Å²) in [6.45, 7) is 0. The third kappa shape index (κ3) is 3.19. The van der Waals surface area contributed by atoms with Gasteiger partial charge in [0.15, 0.2) is 5.82 Å². The first kappa shape index (κ1) is 18.3. The molecular weight excluding hydrogens is 389 g/mol. The van der Waals surface area contributed by atoms with E-state index < -0.39 is 5.82 Å². The number of amides is 1. The van der Waals surface area contributed by atoms with Gasteiger partial charge in [0.05, 0.1) is 18.2 Å². The molecular formula is C23H19ClFN3O. The van der Waals surface area contributed by atoms with Gasteiger partial charge in [-0.1, -0.05) is 48.0 Å². The van der Waals surface area contributed by atoms with Gasteiger partial charge < -0.3 is 4.90 Å². The van der Waals surface area contributed by atoms with Gasteiger partial charge in [-0.15, -0.1) is 0 Å². The highest BCUT2D eigenvalue weighted by Crippen LogP contribution is 2.43. The van der Waals surface area contributed by atoms with Gasteiger partial charge in [-0.25, -0.2) is 14.4 Å². The Hall–Kier alpha value is -2.79. The second kappa shape index (κ2) is 7.23. The molecule has 0 radical (unpaired) electrons. The van der Waals surface area contributed by atoms with Crippen LogP contribution >= 0.6 is 11.6 Å². The average Bonchev–Trinajstić information content (AvgIpc) is 3.06. The fourth-order valence-electron chi connectivity index (χ4n) is 4.53. The molecule has 4 nitrogen and oxygen atoms in total. The molecule has 2 unspecified atom stereocenters. The number of benzene rings is 2. The zero-order chi connectivity index (χ0) is 20.0. The van der Waals surface area contributed by atoms with Crippen LogP contribution in [0.15, 0.2) is 54.7 Å². The first-order valence-electron chi connectivity index (χ1n) is 9.77. The molecule has 2 aliphatic rings.